The summed E-state index contributed by atoms with van der Waals surface area (Å²) < 4.78 is 0. The maximum absolute atomic E-state index is 12.2. The third kappa shape index (κ3) is 2.78. The largest absolute Gasteiger partial charge is 0.478 e. The van der Waals surface area contributed by atoms with Crippen LogP contribution in [0, 0.1) is 0 Å². The molecular formula is C16H13NO3S. The maximum atomic E-state index is 12.2. The minimum absolute atomic E-state index is 0.0411. The molecule has 2 aromatic rings. The smallest absolute Gasteiger partial charge is 0.335 e. The molecule has 1 aliphatic heterocycles. The first-order chi connectivity index (χ1) is 10.1. The molecule has 0 unspecified atom stereocenters. The van der Waals surface area contributed by atoms with Gasteiger partial charge in [-0.15, -0.1) is 11.8 Å². The Labute approximate surface area is 126 Å². The lowest BCUT2D eigenvalue weighted by atomic mass is 10.1. The first-order valence-corrected chi connectivity index (χ1v) is 7.48. The number of fused-ring (bicyclic) bond motifs is 1. The number of para-hydroxylation sites is 1. The van der Waals surface area contributed by atoms with Crippen molar-refractivity contribution >= 4 is 29.3 Å². The minimum Gasteiger partial charge on any atom is -0.478 e. The quantitative estimate of drug-likeness (QED) is 0.946. The Hall–Kier alpha value is -2.27. The van der Waals surface area contributed by atoms with Crippen LogP contribution >= 0.6 is 11.8 Å². The van der Waals surface area contributed by atoms with Crippen LogP contribution < -0.4 is 4.90 Å². The van der Waals surface area contributed by atoms with Crippen LogP contribution in [0.4, 0.5) is 5.69 Å². The molecule has 0 atom stereocenters. The second-order valence-corrected chi connectivity index (χ2v) is 5.76. The predicted molar refractivity (Wildman–Crippen MR) is 81.8 cm³/mol. The molecule has 1 N–H and O–H groups in total. The zero-order valence-electron chi connectivity index (χ0n) is 11.2. The summed E-state index contributed by atoms with van der Waals surface area (Å²) in [5, 5.41) is 9.04. The number of rotatable bonds is 3. The van der Waals surface area contributed by atoms with E-state index in [2.05, 4.69) is 0 Å². The number of carboxylic acids is 1. The fourth-order valence-electron chi connectivity index (χ4n) is 2.31. The average molecular weight is 299 g/mol. The molecule has 3 rings (SSSR count). The van der Waals surface area contributed by atoms with Crippen molar-refractivity contribution in [2.45, 2.75) is 11.4 Å². The molecule has 5 heteroatoms. The summed E-state index contributed by atoms with van der Waals surface area (Å²) in [5.41, 5.74) is 1.93. The molecule has 106 valence electrons. The van der Waals surface area contributed by atoms with Gasteiger partial charge in [-0.2, -0.15) is 0 Å². The van der Waals surface area contributed by atoms with E-state index in [1.54, 1.807) is 23.1 Å². The summed E-state index contributed by atoms with van der Waals surface area (Å²) in [5.74, 6) is -0.507. The molecule has 0 bridgehead atoms. The number of carboxylic acid groups (broad SMARTS) is 1. The van der Waals surface area contributed by atoms with Crippen molar-refractivity contribution in [2.24, 2.45) is 0 Å². The molecular weight excluding hydrogens is 286 g/mol. The Balaban J connectivity index is 1.92. The number of aromatic carboxylic acids is 1. The summed E-state index contributed by atoms with van der Waals surface area (Å²) >= 11 is 1.53. The molecule has 4 nitrogen and oxygen atoms in total. The Morgan fingerprint density at radius 3 is 2.81 bits per heavy atom. The third-order valence-corrected chi connectivity index (χ3v) is 4.37. The van der Waals surface area contributed by atoms with E-state index < -0.39 is 5.97 Å². The molecule has 1 aliphatic rings. The van der Waals surface area contributed by atoms with Gasteiger partial charge in [0.05, 0.1) is 23.5 Å². The normalized spacial score (nSPS) is 13.9. The predicted octanol–water partition coefficient (Wildman–Crippen LogP) is 3.02. The number of hydrogen-bond acceptors (Lipinski definition) is 3. The number of amides is 1. The number of carbonyl (C=O) groups excluding carboxylic acids is 1. The number of thioether (sulfide) groups is 1. The summed E-state index contributed by atoms with van der Waals surface area (Å²) in [6.07, 6.45) is 0. The van der Waals surface area contributed by atoms with Gasteiger partial charge in [-0.25, -0.2) is 4.79 Å². The molecule has 0 aliphatic carbocycles. The molecule has 21 heavy (non-hydrogen) atoms. The van der Waals surface area contributed by atoms with Crippen molar-refractivity contribution in [3.05, 3.63) is 59.7 Å². The third-order valence-electron chi connectivity index (χ3n) is 3.32. The molecule has 1 amide bonds. The van der Waals surface area contributed by atoms with E-state index in [0.717, 1.165) is 16.1 Å². The number of hydrogen-bond donors (Lipinski definition) is 1. The van der Waals surface area contributed by atoms with E-state index >= 15 is 0 Å². The van der Waals surface area contributed by atoms with Crippen molar-refractivity contribution in [3.8, 4) is 0 Å². The van der Waals surface area contributed by atoms with E-state index in [-0.39, 0.29) is 11.5 Å². The van der Waals surface area contributed by atoms with Gasteiger partial charge in [0.2, 0.25) is 5.91 Å². The second-order valence-electron chi connectivity index (χ2n) is 4.74. The van der Waals surface area contributed by atoms with Gasteiger partial charge in [0.15, 0.2) is 0 Å². The van der Waals surface area contributed by atoms with Gasteiger partial charge >= 0.3 is 5.97 Å². The Morgan fingerprint density at radius 2 is 2.00 bits per heavy atom. The zero-order chi connectivity index (χ0) is 14.8. The summed E-state index contributed by atoms with van der Waals surface area (Å²) in [6.45, 7) is 0.386. The highest BCUT2D eigenvalue weighted by atomic mass is 32.2. The van der Waals surface area contributed by atoms with Gasteiger partial charge in [-0.05, 0) is 29.8 Å². The van der Waals surface area contributed by atoms with Gasteiger partial charge in [-0.1, -0.05) is 24.3 Å². The van der Waals surface area contributed by atoms with Gasteiger partial charge in [0.25, 0.3) is 0 Å². The average Bonchev–Trinajstić information content (AvgIpc) is 2.50. The molecule has 0 fully saturated rings. The highest BCUT2D eigenvalue weighted by Crippen LogP contribution is 2.35. The Kier molecular flexibility index (Phi) is 3.66. The molecule has 0 saturated carbocycles. The molecule has 1 heterocycles. The van der Waals surface area contributed by atoms with Gasteiger partial charge in [-0.3, -0.25) is 4.79 Å². The van der Waals surface area contributed by atoms with Crippen molar-refractivity contribution in [2.75, 3.05) is 10.7 Å². The monoisotopic (exact) mass is 299 g/mol. The minimum atomic E-state index is -0.960. The lowest BCUT2D eigenvalue weighted by Gasteiger charge is -2.29. The van der Waals surface area contributed by atoms with E-state index in [9.17, 15) is 9.59 Å². The van der Waals surface area contributed by atoms with Crippen molar-refractivity contribution in [3.63, 3.8) is 0 Å². The summed E-state index contributed by atoms with van der Waals surface area (Å²) in [6, 6.07) is 14.5. The van der Waals surface area contributed by atoms with Crippen LogP contribution in [0.25, 0.3) is 0 Å². The highest BCUT2D eigenvalue weighted by molar-refractivity contribution is 8.00. The zero-order valence-corrected chi connectivity index (χ0v) is 12.0. The summed E-state index contributed by atoms with van der Waals surface area (Å²) in [4.78, 5) is 26.0. The number of anilines is 1. The van der Waals surface area contributed by atoms with Crippen molar-refractivity contribution < 1.29 is 14.7 Å². The molecule has 2 aromatic carbocycles. The van der Waals surface area contributed by atoms with Crippen LogP contribution in [0.2, 0.25) is 0 Å². The van der Waals surface area contributed by atoms with Gasteiger partial charge < -0.3 is 10.0 Å². The highest BCUT2D eigenvalue weighted by Gasteiger charge is 2.24. The van der Waals surface area contributed by atoms with E-state index in [0.29, 0.717) is 12.3 Å². The SMILES string of the molecule is O=C(O)c1cccc(CN2C(=O)CSc3ccccc32)c1. The molecule has 0 spiro atoms. The Bertz CT molecular complexity index is 714. The number of nitrogens with zero attached hydrogens (tertiary/aromatic N) is 1. The first-order valence-electron chi connectivity index (χ1n) is 6.49. The molecule has 0 saturated heterocycles. The van der Waals surface area contributed by atoms with E-state index in [1.807, 2.05) is 30.3 Å². The number of benzene rings is 2. The van der Waals surface area contributed by atoms with Crippen LogP contribution in [0.15, 0.2) is 53.4 Å². The van der Waals surface area contributed by atoms with Crippen LogP contribution in [0.5, 0.6) is 0 Å². The lowest BCUT2D eigenvalue weighted by molar-refractivity contribution is -0.116. The van der Waals surface area contributed by atoms with Gasteiger partial charge in [0.1, 0.15) is 0 Å². The van der Waals surface area contributed by atoms with Crippen molar-refractivity contribution in [1.82, 2.24) is 0 Å². The van der Waals surface area contributed by atoms with Crippen LogP contribution in [-0.4, -0.2) is 22.7 Å². The van der Waals surface area contributed by atoms with Crippen molar-refractivity contribution in [1.29, 1.82) is 0 Å². The fraction of sp³-hybridized carbons (Fsp3) is 0.125. The fourth-order valence-corrected chi connectivity index (χ4v) is 3.25. The maximum Gasteiger partial charge on any atom is 0.335 e. The lowest BCUT2D eigenvalue weighted by Crippen LogP contribution is -2.34. The summed E-state index contributed by atoms with van der Waals surface area (Å²) in [7, 11) is 0. The second kappa shape index (κ2) is 5.61. The Morgan fingerprint density at radius 1 is 1.19 bits per heavy atom. The standard InChI is InChI=1S/C16H13NO3S/c18-15-10-21-14-7-2-1-6-13(14)17(15)9-11-4-3-5-12(8-11)16(19)20/h1-8H,9-10H2,(H,19,20). The van der Waals surface area contributed by atoms with Crippen LogP contribution in [0.1, 0.15) is 15.9 Å². The van der Waals surface area contributed by atoms with Crippen LogP contribution in [0.3, 0.4) is 0 Å². The first kappa shape index (κ1) is 13.7. The van der Waals surface area contributed by atoms with E-state index in [1.165, 1.54) is 11.8 Å². The number of carbonyl (C=O) groups is 2. The topological polar surface area (TPSA) is 57.6 Å². The van der Waals surface area contributed by atoms with Gasteiger partial charge in [0, 0.05) is 4.90 Å². The molecule has 0 aromatic heterocycles. The van der Waals surface area contributed by atoms with Crippen LogP contribution in [-0.2, 0) is 11.3 Å². The molecule has 0 radical (unpaired) electrons. The van der Waals surface area contributed by atoms with E-state index in [4.69, 9.17) is 5.11 Å².